The summed E-state index contributed by atoms with van der Waals surface area (Å²) in [5.41, 5.74) is 9.70. The van der Waals surface area contributed by atoms with E-state index in [0.29, 0.717) is 0 Å². The molecule has 4 aromatic carbocycles. The van der Waals surface area contributed by atoms with Gasteiger partial charge in [0.15, 0.2) is 6.20 Å². The lowest BCUT2D eigenvalue weighted by atomic mass is 9.81. The van der Waals surface area contributed by atoms with Gasteiger partial charge < -0.3 is 4.74 Å². The van der Waals surface area contributed by atoms with Crippen LogP contribution in [-0.2, 0) is 19.9 Å². The Bertz CT molecular complexity index is 1830. The highest BCUT2D eigenvalue weighted by atomic mass is 16.5. The zero-order valence-electron chi connectivity index (χ0n) is 25.4. The predicted octanol–water partition coefficient (Wildman–Crippen LogP) is 9.85. The maximum atomic E-state index is 7.08. The van der Waals surface area contributed by atoms with Crippen molar-refractivity contribution in [2.45, 2.75) is 75.2 Å². The first kappa shape index (κ1) is 25.9. The van der Waals surface area contributed by atoms with Crippen LogP contribution >= 0.6 is 0 Å². The Morgan fingerprint density at radius 2 is 1.38 bits per heavy atom. The van der Waals surface area contributed by atoms with Gasteiger partial charge in [0.05, 0.1) is 10.9 Å². The van der Waals surface area contributed by atoms with Crippen LogP contribution in [0.5, 0.6) is 11.5 Å². The van der Waals surface area contributed by atoms with Crippen molar-refractivity contribution in [3.63, 3.8) is 0 Å². The SMILES string of the molecule is Cc1c(CC(C)(C)C)cc2cc3c4c([n+](C)ccc4c2c1C)-c1c(c(CC(C)(C)C)c2ccccc2c1C)O3. The van der Waals surface area contributed by atoms with Crippen molar-refractivity contribution in [3.05, 3.63) is 76.5 Å². The van der Waals surface area contributed by atoms with Crippen LogP contribution in [0, 0.1) is 31.6 Å². The standard InChI is InChI=1S/C37H42NO/c1-21-22(2)31-24(17-25(21)19-36(4,5)6)18-30-33-28(31)15-16-38(10)34(33)32-23(3)26-13-11-12-14-27(26)29(35(32)39-30)20-37(7,8)9/h11-18H,19-20H2,1-10H3/q+1. The van der Waals surface area contributed by atoms with E-state index >= 15 is 0 Å². The molecular weight excluding hydrogens is 474 g/mol. The van der Waals surface area contributed by atoms with Crippen LogP contribution in [0.3, 0.4) is 0 Å². The normalized spacial score (nSPS) is 13.3. The van der Waals surface area contributed by atoms with Gasteiger partial charge >= 0.3 is 0 Å². The van der Waals surface area contributed by atoms with Crippen molar-refractivity contribution < 1.29 is 9.30 Å². The Balaban J connectivity index is 1.76. The van der Waals surface area contributed by atoms with E-state index in [9.17, 15) is 0 Å². The lowest BCUT2D eigenvalue weighted by Crippen LogP contribution is -2.32. The van der Waals surface area contributed by atoms with Crippen LogP contribution in [-0.4, -0.2) is 0 Å². The molecule has 2 nitrogen and oxygen atoms in total. The number of hydrogen-bond acceptors (Lipinski definition) is 1. The van der Waals surface area contributed by atoms with E-state index in [4.69, 9.17) is 4.74 Å². The van der Waals surface area contributed by atoms with E-state index in [1.807, 2.05) is 0 Å². The van der Waals surface area contributed by atoms with Crippen molar-refractivity contribution in [2.24, 2.45) is 17.9 Å². The summed E-state index contributed by atoms with van der Waals surface area (Å²) in [6.07, 6.45) is 4.25. The van der Waals surface area contributed by atoms with E-state index in [0.717, 1.165) is 24.3 Å². The van der Waals surface area contributed by atoms with E-state index < -0.39 is 0 Å². The molecule has 0 N–H and O–H groups in total. The first-order valence-electron chi connectivity index (χ1n) is 14.4. The molecule has 0 fully saturated rings. The highest BCUT2D eigenvalue weighted by molar-refractivity contribution is 6.17. The maximum Gasteiger partial charge on any atom is 0.228 e. The molecule has 6 rings (SSSR count). The fourth-order valence-corrected chi connectivity index (χ4v) is 6.81. The highest BCUT2D eigenvalue weighted by Crippen LogP contribution is 2.53. The number of benzene rings is 4. The molecule has 0 aliphatic carbocycles. The van der Waals surface area contributed by atoms with Gasteiger partial charge in [-0.1, -0.05) is 71.9 Å². The van der Waals surface area contributed by atoms with E-state index in [1.54, 1.807) is 0 Å². The molecule has 2 heteroatoms. The molecule has 0 spiro atoms. The molecule has 1 aromatic heterocycles. The van der Waals surface area contributed by atoms with Gasteiger partial charge in [0.2, 0.25) is 5.69 Å². The fourth-order valence-electron chi connectivity index (χ4n) is 6.81. The molecule has 200 valence electrons. The molecule has 0 atom stereocenters. The molecule has 0 unspecified atom stereocenters. The molecule has 0 amide bonds. The van der Waals surface area contributed by atoms with Gasteiger partial charge in [-0.15, -0.1) is 0 Å². The number of fused-ring (bicyclic) bond motifs is 5. The Morgan fingerprint density at radius 3 is 2.05 bits per heavy atom. The van der Waals surface area contributed by atoms with Crippen molar-refractivity contribution in [3.8, 4) is 22.8 Å². The fraction of sp³-hybridized carbons (Fsp3) is 0.378. The van der Waals surface area contributed by atoms with E-state index in [-0.39, 0.29) is 10.8 Å². The van der Waals surface area contributed by atoms with E-state index in [1.165, 1.54) is 71.4 Å². The Labute approximate surface area is 233 Å². The predicted molar refractivity (Wildman–Crippen MR) is 166 cm³/mol. The highest BCUT2D eigenvalue weighted by Gasteiger charge is 2.34. The second-order valence-electron chi connectivity index (χ2n) is 14.3. The van der Waals surface area contributed by atoms with Crippen molar-refractivity contribution in [1.29, 1.82) is 0 Å². The second-order valence-corrected chi connectivity index (χ2v) is 14.3. The quantitative estimate of drug-likeness (QED) is 0.165. The van der Waals surface area contributed by atoms with Crippen molar-refractivity contribution >= 4 is 32.3 Å². The Hall–Kier alpha value is -3.39. The van der Waals surface area contributed by atoms with Gasteiger partial charge in [-0.2, -0.15) is 0 Å². The number of aromatic nitrogens is 1. The van der Waals surface area contributed by atoms with Crippen molar-refractivity contribution in [1.82, 2.24) is 0 Å². The molecule has 0 saturated heterocycles. The minimum atomic E-state index is 0.128. The van der Waals surface area contributed by atoms with Gasteiger partial charge in [-0.25, -0.2) is 4.57 Å². The van der Waals surface area contributed by atoms with Gasteiger partial charge in [0, 0.05) is 17.0 Å². The Kier molecular flexibility index (Phi) is 5.67. The summed E-state index contributed by atoms with van der Waals surface area (Å²) >= 11 is 0. The maximum absolute atomic E-state index is 7.08. The number of hydrogen-bond donors (Lipinski definition) is 0. The molecule has 1 aliphatic heterocycles. The molecule has 0 bridgehead atoms. The first-order valence-corrected chi connectivity index (χ1v) is 14.4. The minimum Gasteiger partial charge on any atom is -0.455 e. The van der Waals surface area contributed by atoms with Crippen LogP contribution in [0.4, 0.5) is 0 Å². The number of aryl methyl sites for hydroxylation is 3. The minimum absolute atomic E-state index is 0.128. The monoisotopic (exact) mass is 516 g/mol. The first-order chi connectivity index (χ1) is 18.2. The third-order valence-corrected chi connectivity index (χ3v) is 8.57. The molecule has 5 aromatic rings. The largest absolute Gasteiger partial charge is 0.455 e. The lowest BCUT2D eigenvalue weighted by molar-refractivity contribution is -0.659. The number of rotatable bonds is 2. The van der Waals surface area contributed by atoms with Crippen LogP contribution in [0.1, 0.15) is 69.4 Å². The summed E-state index contributed by atoms with van der Waals surface area (Å²) < 4.78 is 9.38. The second kappa shape index (κ2) is 8.55. The van der Waals surface area contributed by atoms with Crippen molar-refractivity contribution in [2.75, 3.05) is 0 Å². The summed E-state index contributed by atoms with van der Waals surface area (Å²) in [7, 11) is 2.18. The summed E-state index contributed by atoms with van der Waals surface area (Å²) in [5, 5.41) is 7.77. The third-order valence-electron chi connectivity index (χ3n) is 8.57. The van der Waals surface area contributed by atoms with Gasteiger partial charge in [0.25, 0.3) is 0 Å². The molecule has 0 saturated carbocycles. The van der Waals surface area contributed by atoms with Crippen LogP contribution in [0.25, 0.3) is 43.6 Å². The molecule has 1 aliphatic rings. The summed E-state index contributed by atoms with van der Waals surface area (Å²) in [5.74, 6) is 2.01. The smallest absolute Gasteiger partial charge is 0.228 e. The summed E-state index contributed by atoms with van der Waals surface area (Å²) in [6.45, 7) is 20.8. The number of pyridine rings is 1. The lowest BCUT2D eigenvalue weighted by Gasteiger charge is -2.28. The molecule has 2 heterocycles. The van der Waals surface area contributed by atoms with E-state index in [2.05, 4.69) is 123 Å². The average Bonchev–Trinajstić information content (AvgIpc) is 2.84. The average molecular weight is 517 g/mol. The summed E-state index contributed by atoms with van der Waals surface area (Å²) in [6, 6.07) is 15.9. The van der Waals surface area contributed by atoms with Gasteiger partial charge in [-0.3, -0.25) is 0 Å². The topological polar surface area (TPSA) is 13.1 Å². The molecular formula is C37H42NO+. The Morgan fingerprint density at radius 1 is 0.718 bits per heavy atom. The summed E-state index contributed by atoms with van der Waals surface area (Å²) in [4.78, 5) is 0. The third kappa shape index (κ3) is 4.11. The number of nitrogens with zero attached hydrogens (tertiary/aromatic N) is 1. The zero-order chi connectivity index (χ0) is 28.0. The van der Waals surface area contributed by atoms with Gasteiger partial charge in [-0.05, 0) is 94.3 Å². The zero-order valence-corrected chi connectivity index (χ0v) is 25.4. The number of ether oxygens (including phenoxy) is 1. The van der Waals surface area contributed by atoms with Crippen LogP contribution in [0.15, 0.2) is 48.7 Å². The molecule has 39 heavy (non-hydrogen) atoms. The van der Waals surface area contributed by atoms with Crippen LogP contribution < -0.4 is 9.30 Å². The van der Waals surface area contributed by atoms with Gasteiger partial charge in [0.1, 0.15) is 18.5 Å². The van der Waals surface area contributed by atoms with Crippen LogP contribution in [0.2, 0.25) is 0 Å². The molecule has 0 radical (unpaired) electrons.